The van der Waals surface area contributed by atoms with Crippen LogP contribution in [0.3, 0.4) is 0 Å². The van der Waals surface area contributed by atoms with Crippen molar-refractivity contribution in [1.29, 1.82) is 0 Å². The number of amides is 1. The molecule has 3 heterocycles. The van der Waals surface area contributed by atoms with Crippen LogP contribution >= 0.6 is 0 Å². The predicted octanol–water partition coefficient (Wildman–Crippen LogP) is 7.48. The van der Waals surface area contributed by atoms with E-state index in [1.807, 2.05) is 49.7 Å². The summed E-state index contributed by atoms with van der Waals surface area (Å²) >= 11 is 0. The Morgan fingerprint density at radius 2 is 1.78 bits per heavy atom. The number of aromatic nitrogens is 3. The molecule has 0 spiro atoms. The molecule has 2 aliphatic rings. The van der Waals surface area contributed by atoms with Gasteiger partial charge < -0.3 is 23.9 Å². The lowest BCUT2D eigenvalue weighted by Crippen LogP contribution is -2.42. The molecule has 1 aliphatic heterocycles. The fourth-order valence-electron chi connectivity index (χ4n) is 7.39. The Hall–Kier alpha value is -4.59. The third kappa shape index (κ3) is 5.06. The van der Waals surface area contributed by atoms with E-state index in [1.54, 1.807) is 19.1 Å². The smallest absolute Gasteiger partial charge is 0.338 e. The minimum atomic E-state index is -0.792. The van der Waals surface area contributed by atoms with E-state index in [2.05, 4.69) is 34.1 Å². The van der Waals surface area contributed by atoms with Crippen LogP contribution < -0.4 is 10.1 Å². The van der Waals surface area contributed by atoms with Crippen LogP contribution in [0.15, 0.2) is 60.7 Å². The summed E-state index contributed by atoms with van der Waals surface area (Å²) in [5, 5.41) is 4.48. The molecule has 0 bridgehead atoms. The Morgan fingerprint density at radius 1 is 1.00 bits per heavy atom. The van der Waals surface area contributed by atoms with Crippen LogP contribution in [0.4, 0.5) is 0 Å². The third-order valence-electron chi connectivity index (χ3n) is 9.47. The van der Waals surface area contributed by atoms with Crippen molar-refractivity contribution in [1.82, 2.24) is 19.4 Å². The molecule has 1 saturated carbocycles. The van der Waals surface area contributed by atoms with E-state index in [9.17, 15) is 9.59 Å². The summed E-state index contributed by atoms with van der Waals surface area (Å²) in [6.45, 7) is 7.30. The van der Waals surface area contributed by atoms with Crippen LogP contribution in [-0.4, -0.2) is 39.2 Å². The van der Waals surface area contributed by atoms with Crippen molar-refractivity contribution in [2.45, 2.75) is 70.9 Å². The molecule has 1 aliphatic carbocycles. The standard InChI is InChI=1S/C37H40N4O4/c1-5-44-35(43)25-16-18-29-28(21-25)38-36(40(29)4)37(2,3)39-34(42)24-15-17-26-30(22-24)41-19-20-45-31-14-10-9-13-27(31)33(41)32(26)23-11-7-6-8-12-23/h9-10,13-18,21-23H,5-8,11-12,19-20H2,1-4H3,(H,39,42). The van der Waals surface area contributed by atoms with Gasteiger partial charge in [-0.1, -0.05) is 37.5 Å². The molecular formula is C37H40N4O4. The van der Waals surface area contributed by atoms with Gasteiger partial charge in [-0.05, 0) is 87.6 Å². The summed E-state index contributed by atoms with van der Waals surface area (Å²) in [7, 11) is 1.93. The van der Waals surface area contributed by atoms with Gasteiger partial charge in [-0.15, -0.1) is 0 Å². The van der Waals surface area contributed by atoms with E-state index in [4.69, 9.17) is 14.5 Å². The lowest BCUT2D eigenvalue weighted by atomic mass is 9.81. The first-order chi connectivity index (χ1) is 21.8. The molecule has 45 heavy (non-hydrogen) atoms. The van der Waals surface area contributed by atoms with Gasteiger partial charge in [0, 0.05) is 29.1 Å². The SMILES string of the molecule is CCOC(=O)c1ccc2c(c1)nc(C(C)(C)NC(=O)c1ccc3c(C4CCCCC4)c4n(c3c1)CCOc1ccccc1-4)n2C. The molecule has 8 nitrogen and oxygen atoms in total. The highest BCUT2D eigenvalue weighted by molar-refractivity contribution is 6.01. The van der Waals surface area contributed by atoms with E-state index >= 15 is 0 Å². The highest BCUT2D eigenvalue weighted by atomic mass is 16.5. The number of fused-ring (bicyclic) bond motifs is 6. The highest BCUT2D eigenvalue weighted by Crippen LogP contribution is 2.47. The number of nitrogens with one attached hydrogen (secondary N) is 1. The number of benzene rings is 3. The molecule has 5 aromatic rings. The van der Waals surface area contributed by atoms with Crippen molar-refractivity contribution in [2.24, 2.45) is 7.05 Å². The Balaban J connectivity index is 1.26. The molecule has 7 rings (SSSR count). The number of nitrogens with zero attached hydrogens (tertiary/aromatic N) is 3. The van der Waals surface area contributed by atoms with Gasteiger partial charge >= 0.3 is 5.97 Å². The molecule has 1 amide bonds. The second-order valence-corrected chi connectivity index (χ2v) is 12.8. The van der Waals surface area contributed by atoms with Gasteiger partial charge in [0.1, 0.15) is 18.2 Å². The number of rotatable bonds is 6. The van der Waals surface area contributed by atoms with Gasteiger partial charge in [-0.2, -0.15) is 0 Å². The Labute approximate surface area is 263 Å². The van der Waals surface area contributed by atoms with Gasteiger partial charge in [-0.25, -0.2) is 9.78 Å². The van der Waals surface area contributed by atoms with Crippen molar-refractivity contribution in [2.75, 3.05) is 13.2 Å². The molecule has 232 valence electrons. The number of para-hydroxylation sites is 1. The molecular weight excluding hydrogens is 564 g/mol. The summed E-state index contributed by atoms with van der Waals surface area (Å²) < 4.78 is 15.7. The largest absolute Gasteiger partial charge is 0.491 e. The molecule has 1 N–H and O–H groups in total. The van der Waals surface area contributed by atoms with E-state index in [1.165, 1.54) is 48.7 Å². The Bertz CT molecular complexity index is 1940. The van der Waals surface area contributed by atoms with Crippen molar-refractivity contribution < 1.29 is 19.1 Å². The molecule has 8 heteroatoms. The topological polar surface area (TPSA) is 87.4 Å². The van der Waals surface area contributed by atoms with Crippen LogP contribution in [0.5, 0.6) is 5.75 Å². The van der Waals surface area contributed by atoms with Crippen LogP contribution in [-0.2, 0) is 23.9 Å². The van der Waals surface area contributed by atoms with E-state index in [0.29, 0.717) is 41.6 Å². The number of carbonyl (C=O) groups excluding carboxylic acids is 2. The molecule has 0 unspecified atom stereocenters. The van der Waals surface area contributed by atoms with Gasteiger partial charge in [-0.3, -0.25) is 4.79 Å². The fraction of sp³-hybridized carbons (Fsp3) is 0.378. The van der Waals surface area contributed by atoms with Crippen molar-refractivity contribution in [3.63, 3.8) is 0 Å². The van der Waals surface area contributed by atoms with Crippen molar-refractivity contribution in [3.8, 4) is 17.0 Å². The lowest BCUT2D eigenvalue weighted by Gasteiger charge is -2.26. The quantitative estimate of drug-likeness (QED) is 0.203. The maximum atomic E-state index is 13.9. The zero-order valence-electron chi connectivity index (χ0n) is 26.5. The van der Waals surface area contributed by atoms with Crippen LogP contribution in [0.2, 0.25) is 0 Å². The molecule has 1 fully saturated rings. The number of hydrogen-bond donors (Lipinski definition) is 1. The summed E-state index contributed by atoms with van der Waals surface area (Å²) in [5.41, 5.74) is 6.66. The Kier molecular flexibility index (Phi) is 7.38. The average Bonchev–Trinajstić information content (AvgIpc) is 3.48. The van der Waals surface area contributed by atoms with E-state index < -0.39 is 5.54 Å². The van der Waals surface area contributed by atoms with Gasteiger partial charge in [0.25, 0.3) is 5.91 Å². The van der Waals surface area contributed by atoms with Gasteiger partial charge in [0.05, 0.1) is 41.0 Å². The zero-order valence-corrected chi connectivity index (χ0v) is 26.5. The average molecular weight is 605 g/mol. The summed E-state index contributed by atoms with van der Waals surface area (Å²) in [6, 6.07) is 19.9. The minimum absolute atomic E-state index is 0.166. The third-order valence-corrected chi connectivity index (χ3v) is 9.47. The number of esters is 1. The molecule has 0 saturated heterocycles. The second-order valence-electron chi connectivity index (χ2n) is 12.8. The number of hydrogen-bond acceptors (Lipinski definition) is 5. The Morgan fingerprint density at radius 3 is 2.58 bits per heavy atom. The zero-order chi connectivity index (χ0) is 31.3. The maximum absolute atomic E-state index is 13.9. The highest BCUT2D eigenvalue weighted by Gasteiger charge is 2.32. The molecule has 2 aromatic heterocycles. The number of aryl methyl sites for hydroxylation is 1. The minimum Gasteiger partial charge on any atom is -0.491 e. The van der Waals surface area contributed by atoms with E-state index in [0.717, 1.165) is 28.9 Å². The van der Waals surface area contributed by atoms with Gasteiger partial charge in [0.15, 0.2) is 0 Å². The first-order valence-electron chi connectivity index (χ1n) is 16.1. The molecule has 0 atom stereocenters. The van der Waals surface area contributed by atoms with Crippen molar-refractivity contribution >= 4 is 33.8 Å². The number of imidazole rings is 1. The lowest BCUT2D eigenvalue weighted by molar-refractivity contribution is 0.0526. The van der Waals surface area contributed by atoms with Crippen LogP contribution in [0.1, 0.15) is 90.9 Å². The predicted molar refractivity (Wildman–Crippen MR) is 176 cm³/mol. The van der Waals surface area contributed by atoms with Crippen LogP contribution in [0.25, 0.3) is 33.2 Å². The van der Waals surface area contributed by atoms with E-state index in [-0.39, 0.29) is 11.9 Å². The normalized spacial score (nSPS) is 15.3. The first kappa shape index (κ1) is 29.1. The summed E-state index contributed by atoms with van der Waals surface area (Å²) in [4.78, 5) is 31.1. The van der Waals surface area contributed by atoms with Gasteiger partial charge in [0.2, 0.25) is 0 Å². The maximum Gasteiger partial charge on any atom is 0.338 e. The first-order valence-corrected chi connectivity index (χ1v) is 16.1. The van der Waals surface area contributed by atoms with Crippen LogP contribution in [0, 0.1) is 0 Å². The molecule has 0 radical (unpaired) electrons. The summed E-state index contributed by atoms with van der Waals surface area (Å²) in [6.07, 6.45) is 6.16. The summed E-state index contributed by atoms with van der Waals surface area (Å²) in [5.74, 6) is 1.57. The second kappa shape index (κ2) is 11.4. The van der Waals surface area contributed by atoms with Crippen molar-refractivity contribution in [3.05, 3.63) is 83.2 Å². The number of carbonyl (C=O) groups is 2. The fourth-order valence-corrected chi connectivity index (χ4v) is 7.39. The molecule has 3 aromatic carbocycles. The monoisotopic (exact) mass is 604 g/mol. The number of ether oxygens (including phenoxy) is 2.